The first kappa shape index (κ1) is 12.6. The molecule has 4 rings (SSSR count). The average molecular weight is 261 g/mol. The standard InChI is InChI=1S/C17H25S/c1-17(2)14-10-9-13(16(17)11-14)12-18(3)15-7-5-4-6-8-15/h4-8,13-14,16H,9-12H2,1-3H3/q+1. The van der Waals surface area contributed by atoms with Crippen molar-refractivity contribution in [2.24, 2.45) is 23.2 Å². The number of rotatable bonds is 3. The fourth-order valence-corrected chi connectivity index (χ4v) is 6.09. The largest absolute Gasteiger partial charge is 0.154 e. The topological polar surface area (TPSA) is 0 Å². The summed E-state index contributed by atoms with van der Waals surface area (Å²) < 4.78 is 0. The molecule has 1 aromatic carbocycles. The molecule has 4 unspecified atom stereocenters. The summed E-state index contributed by atoms with van der Waals surface area (Å²) in [6.07, 6.45) is 6.93. The van der Waals surface area contributed by atoms with Gasteiger partial charge in [0.1, 0.15) is 12.0 Å². The van der Waals surface area contributed by atoms with Crippen molar-refractivity contribution in [3.05, 3.63) is 30.3 Å². The van der Waals surface area contributed by atoms with Crippen LogP contribution in [0, 0.1) is 23.2 Å². The van der Waals surface area contributed by atoms with E-state index in [1.807, 2.05) is 0 Å². The Morgan fingerprint density at radius 2 is 1.89 bits per heavy atom. The smallest absolute Gasteiger partial charge is 0.0619 e. The highest BCUT2D eigenvalue weighted by molar-refractivity contribution is 7.96. The summed E-state index contributed by atoms with van der Waals surface area (Å²) in [6, 6.07) is 11.1. The minimum atomic E-state index is 0.440. The van der Waals surface area contributed by atoms with Crippen LogP contribution in [0.5, 0.6) is 0 Å². The molecule has 0 heterocycles. The highest BCUT2D eigenvalue weighted by Gasteiger charge is 2.55. The second-order valence-electron chi connectivity index (χ2n) is 6.81. The first-order valence-electron chi connectivity index (χ1n) is 7.26. The zero-order valence-corrected chi connectivity index (χ0v) is 12.7. The summed E-state index contributed by atoms with van der Waals surface area (Å²) in [5, 5.41) is 0. The fraction of sp³-hybridized carbons (Fsp3) is 0.647. The molecule has 0 radical (unpaired) electrons. The second kappa shape index (κ2) is 4.59. The van der Waals surface area contributed by atoms with Crippen molar-refractivity contribution in [3.63, 3.8) is 0 Å². The second-order valence-corrected chi connectivity index (χ2v) is 8.89. The Balaban J connectivity index is 1.67. The van der Waals surface area contributed by atoms with E-state index >= 15 is 0 Å². The fourth-order valence-electron chi connectivity index (χ4n) is 4.23. The highest BCUT2D eigenvalue weighted by Crippen LogP contribution is 2.61. The van der Waals surface area contributed by atoms with E-state index in [0.29, 0.717) is 16.3 Å². The van der Waals surface area contributed by atoms with Crippen LogP contribution >= 0.6 is 0 Å². The summed E-state index contributed by atoms with van der Waals surface area (Å²) in [5.74, 6) is 4.45. The molecular weight excluding hydrogens is 236 g/mol. The number of hydrogen-bond donors (Lipinski definition) is 0. The molecule has 0 amide bonds. The van der Waals surface area contributed by atoms with Gasteiger partial charge in [0, 0.05) is 16.8 Å². The van der Waals surface area contributed by atoms with Gasteiger partial charge in [-0.2, -0.15) is 0 Å². The quantitative estimate of drug-likeness (QED) is 0.709. The van der Waals surface area contributed by atoms with Crippen LogP contribution in [0.3, 0.4) is 0 Å². The van der Waals surface area contributed by atoms with Crippen molar-refractivity contribution < 1.29 is 0 Å². The molecule has 3 aliphatic rings. The molecule has 0 saturated heterocycles. The summed E-state index contributed by atoms with van der Waals surface area (Å²) >= 11 is 0. The van der Waals surface area contributed by atoms with Crippen LogP contribution < -0.4 is 0 Å². The SMILES string of the molecule is C[S+](CC1CCC2CC1C2(C)C)c1ccccc1. The molecule has 4 atom stereocenters. The Morgan fingerprint density at radius 3 is 2.50 bits per heavy atom. The van der Waals surface area contributed by atoms with Crippen molar-refractivity contribution in [2.75, 3.05) is 12.0 Å². The third-order valence-electron chi connectivity index (χ3n) is 5.61. The number of fused-ring (bicyclic) bond motifs is 2. The lowest BCUT2D eigenvalue weighted by Crippen LogP contribution is -2.53. The van der Waals surface area contributed by atoms with Crippen LogP contribution in [0.2, 0.25) is 0 Å². The molecule has 1 aromatic rings. The Morgan fingerprint density at radius 1 is 1.17 bits per heavy atom. The van der Waals surface area contributed by atoms with Crippen molar-refractivity contribution in [2.45, 2.75) is 38.0 Å². The van der Waals surface area contributed by atoms with Gasteiger partial charge in [0.05, 0.1) is 0 Å². The third-order valence-corrected chi connectivity index (χ3v) is 7.62. The Labute approximate surface area is 115 Å². The molecule has 3 fully saturated rings. The summed E-state index contributed by atoms with van der Waals surface area (Å²) in [5.41, 5.74) is 0.643. The van der Waals surface area contributed by atoms with Gasteiger partial charge in [-0.3, -0.25) is 0 Å². The van der Waals surface area contributed by atoms with Crippen LogP contribution in [0.15, 0.2) is 35.2 Å². The van der Waals surface area contributed by atoms with Crippen LogP contribution in [-0.2, 0) is 10.9 Å². The molecule has 0 spiro atoms. The predicted molar refractivity (Wildman–Crippen MR) is 81.0 cm³/mol. The van der Waals surface area contributed by atoms with Crippen molar-refractivity contribution in [1.82, 2.24) is 0 Å². The van der Waals surface area contributed by atoms with Gasteiger partial charge in [-0.05, 0) is 48.6 Å². The van der Waals surface area contributed by atoms with E-state index in [4.69, 9.17) is 0 Å². The molecule has 98 valence electrons. The van der Waals surface area contributed by atoms with Gasteiger partial charge in [0.15, 0.2) is 4.90 Å². The van der Waals surface area contributed by atoms with E-state index in [0.717, 1.165) is 17.8 Å². The Kier molecular flexibility index (Phi) is 3.21. The lowest BCUT2D eigenvalue weighted by molar-refractivity contribution is -0.0975. The van der Waals surface area contributed by atoms with E-state index < -0.39 is 0 Å². The number of benzene rings is 1. The minimum absolute atomic E-state index is 0.440. The molecule has 3 saturated carbocycles. The van der Waals surface area contributed by atoms with Crippen LogP contribution in [0.1, 0.15) is 33.1 Å². The highest BCUT2D eigenvalue weighted by atomic mass is 32.2. The van der Waals surface area contributed by atoms with Crippen LogP contribution in [-0.4, -0.2) is 12.0 Å². The van der Waals surface area contributed by atoms with E-state index in [2.05, 4.69) is 50.4 Å². The maximum atomic E-state index is 2.51. The molecule has 3 aliphatic carbocycles. The average Bonchev–Trinajstić information content (AvgIpc) is 2.39. The summed E-state index contributed by atoms with van der Waals surface area (Å²) in [7, 11) is 0.440. The van der Waals surface area contributed by atoms with E-state index in [-0.39, 0.29) is 0 Å². The normalized spacial score (nSPS) is 34.7. The third kappa shape index (κ3) is 2.01. The van der Waals surface area contributed by atoms with E-state index in [1.165, 1.54) is 25.0 Å². The molecule has 0 aromatic heterocycles. The molecule has 2 bridgehead atoms. The lowest BCUT2D eigenvalue weighted by atomic mass is 9.46. The van der Waals surface area contributed by atoms with Gasteiger partial charge in [-0.1, -0.05) is 32.0 Å². The van der Waals surface area contributed by atoms with Gasteiger partial charge in [0.25, 0.3) is 0 Å². The van der Waals surface area contributed by atoms with Gasteiger partial charge >= 0.3 is 0 Å². The van der Waals surface area contributed by atoms with Gasteiger partial charge in [-0.15, -0.1) is 0 Å². The zero-order chi connectivity index (χ0) is 12.8. The molecule has 0 aliphatic heterocycles. The van der Waals surface area contributed by atoms with E-state index in [9.17, 15) is 0 Å². The van der Waals surface area contributed by atoms with Crippen LogP contribution in [0.4, 0.5) is 0 Å². The number of hydrogen-bond acceptors (Lipinski definition) is 0. The first-order valence-corrected chi connectivity index (χ1v) is 9.07. The van der Waals surface area contributed by atoms with Crippen molar-refractivity contribution in [3.8, 4) is 0 Å². The molecule has 1 heteroatoms. The first-order chi connectivity index (χ1) is 8.59. The monoisotopic (exact) mass is 261 g/mol. The molecular formula is C17H25S+. The maximum Gasteiger partial charge on any atom is 0.154 e. The van der Waals surface area contributed by atoms with E-state index in [1.54, 1.807) is 4.90 Å². The summed E-state index contributed by atoms with van der Waals surface area (Å²) in [4.78, 5) is 1.55. The summed E-state index contributed by atoms with van der Waals surface area (Å²) in [6.45, 7) is 5.02. The molecule has 18 heavy (non-hydrogen) atoms. The zero-order valence-electron chi connectivity index (χ0n) is 11.9. The lowest BCUT2D eigenvalue weighted by Gasteiger charge is -2.59. The molecule has 0 N–H and O–H groups in total. The Hall–Kier alpha value is -0.430. The van der Waals surface area contributed by atoms with Gasteiger partial charge < -0.3 is 0 Å². The van der Waals surface area contributed by atoms with Crippen LogP contribution in [0.25, 0.3) is 0 Å². The van der Waals surface area contributed by atoms with Crippen molar-refractivity contribution >= 4 is 10.9 Å². The van der Waals surface area contributed by atoms with Gasteiger partial charge in [-0.25, -0.2) is 0 Å². The van der Waals surface area contributed by atoms with Crippen molar-refractivity contribution in [1.29, 1.82) is 0 Å². The molecule has 0 nitrogen and oxygen atoms in total. The predicted octanol–water partition coefficient (Wildman–Crippen LogP) is 4.37. The minimum Gasteiger partial charge on any atom is -0.0619 e. The maximum absolute atomic E-state index is 2.51. The van der Waals surface area contributed by atoms with Gasteiger partial charge in [0.2, 0.25) is 0 Å². The Bertz CT molecular complexity index is 407.